The molecule has 22 nitrogen and oxygen atoms in total. The molecule has 0 spiro atoms. The fourth-order valence-electron chi connectivity index (χ4n) is 5.73. The molecule has 0 saturated carbocycles. The number of benzene rings is 3. The predicted octanol–water partition coefficient (Wildman–Crippen LogP) is 8.38. The molecule has 0 bridgehead atoms. The Morgan fingerprint density at radius 2 is 1.58 bits per heavy atom. The van der Waals surface area contributed by atoms with Crippen LogP contribution in [0.15, 0.2) is 54.6 Å². The number of aromatic nitrogens is 3. The van der Waals surface area contributed by atoms with Crippen molar-refractivity contribution in [1.29, 1.82) is 0 Å². The lowest BCUT2D eigenvalue weighted by Gasteiger charge is -2.31. The third-order valence-corrected chi connectivity index (χ3v) is 9.94. The number of halogens is 6. The summed E-state index contributed by atoms with van der Waals surface area (Å²) in [6.07, 6.45) is 2.15. The van der Waals surface area contributed by atoms with Crippen LogP contribution in [-0.2, 0) is 56.7 Å². The van der Waals surface area contributed by atoms with Crippen molar-refractivity contribution in [3.8, 4) is 11.5 Å². The van der Waals surface area contributed by atoms with Crippen LogP contribution in [0.2, 0.25) is 10.3 Å². The molecule has 0 aliphatic heterocycles. The molecule has 1 aromatic heterocycles. The number of alkyl halides is 4. The molecule has 3 aromatic carbocycles. The number of carbonyl (C=O) groups excluding carboxylic acids is 3. The number of ether oxygens (including phenoxy) is 4. The van der Waals surface area contributed by atoms with Crippen molar-refractivity contribution >= 4 is 100 Å². The number of methoxy groups -OCH3 is 1. The quantitative estimate of drug-likeness (QED) is 0.0131. The van der Waals surface area contributed by atoms with Gasteiger partial charge in [-0.25, -0.2) is 9.59 Å². The van der Waals surface area contributed by atoms with Gasteiger partial charge in [0, 0.05) is 31.8 Å². The van der Waals surface area contributed by atoms with Crippen LogP contribution in [0.1, 0.15) is 68.6 Å². The van der Waals surface area contributed by atoms with E-state index < -0.39 is 72.9 Å². The molecule has 2 atom stereocenters. The average molecular weight is 1190 g/mol. The van der Waals surface area contributed by atoms with E-state index in [0.29, 0.717) is 35.5 Å². The molecule has 77 heavy (non-hydrogen) atoms. The summed E-state index contributed by atoms with van der Waals surface area (Å²) in [5.74, 6) is -2.65. The van der Waals surface area contributed by atoms with Gasteiger partial charge in [0.25, 0.3) is 5.69 Å². The maximum Gasteiger partial charge on any atom is 0.416 e. The number of hydrogen-bond donors (Lipinski definition) is 5. The molecule has 1 amide bonds. The monoisotopic (exact) mass is 1190 g/mol. The Balaban J connectivity index is 0.00000105. The molecule has 30 heteroatoms. The smallest absolute Gasteiger partial charge is 0.416 e. The Morgan fingerprint density at radius 3 is 2.08 bits per heavy atom. The summed E-state index contributed by atoms with van der Waals surface area (Å²) in [5.41, 5.74) is 1.05. The van der Waals surface area contributed by atoms with Crippen molar-refractivity contribution in [2.45, 2.75) is 73.1 Å². The number of nitrogens with zero attached hydrogens (tertiary/aromatic N) is 5. The zero-order valence-electron chi connectivity index (χ0n) is 44.2. The maximum absolute atomic E-state index is 12.7. The second-order valence-electron chi connectivity index (χ2n) is 16.1. The van der Waals surface area contributed by atoms with E-state index in [4.69, 9.17) is 59.0 Å². The summed E-state index contributed by atoms with van der Waals surface area (Å²) in [6.45, 7) is 13.6. The van der Waals surface area contributed by atoms with Crippen molar-refractivity contribution in [2.24, 2.45) is 0 Å². The van der Waals surface area contributed by atoms with Crippen LogP contribution in [-0.4, -0.2) is 137 Å². The van der Waals surface area contributed by atoms with Gasteiger partial charge in [-0.05, 0) is 106 Å². The van der Waals surface area contributed by atoms with Gasteiger partial charge in [-0.1, -0.05) is 36.7 Å². The van der Waals surface area contributed by atoms with Crippen molar-refractivity contribution in [3.63, 3.8) is 0 Å². The Morgan fingerprint density at radius 1 is 0.961 bits per heavy atom. The number of carbonyl (C=O) groups is 4. The van der Waals surface area contributed by atoms with Gasteiger partial charge in [0.1, 0.15) is 30.5 Å². The second kappa shape index (κ2) is 36.5. The number of anilines is 3. The molecule has 0 saturated heterocycles. The standard InChI is InChI=1S/C18H13ClF3NO7.C15H22ClNO2.C8H14ClN5.C3H8NO5P.C3H9S/c1-2-28-16(24)9-29-17(25)12-8-11(4-5-14(12)23(26)27)30-15-6-3-10(7-13(15)19)18(20,21)22;1-5-13-8-6-7-11(2)15(13)17(14(18)9-16)12(3)10-19-4;1-4-10-7-12-6(9)13-8(14-7)11-5(2)3;5-3(6)1-4-2-10(7,8)9;1-4(2)3/h3-8H,2,9H2,1H3;6-8,12H,5,9-10H2,1-4H3;5H,4H2,1-3H3,(H2,10,11,12,13,14);4H,1-2H2,(H,5,6)(H2,7,8,9);1-3H3/q;;;;+1/p-1. The number of rotatable bonds is 21. The van der Waals surface area contributed by atoms with Crippen LogP contribution >= 0.6 is 42.4 Å². The number of aliphatic carboxylic acids is 1. The summed E-state index contributed by atoms with van der Waals surface area (Å²) >= 11 is 17.3. The summed E-state index contributed by atoms with van der Waals surface area (Å²) in [6, 6.07) is 11.7. The van der Waals surface area contributed by atoms with Crippen LogP contribution in [0, 0.1) is 17.0 Å². The Kier molecular flexibility index (Phi) is 33.9. The number of carboxylic acid groups (broad SMARTS) is 1. The zero-order chi connectivity index (χ0) is 59.2. The van der Waals surface area contributed by atoms with Gasteiger partial charge in [-0.15, -0.1) is 11.6 Å². The fraction of sp³-hybridized carbons (Fsp3) is 0.468. The highest BCUT2D eigenvalue weighted by atomic mass is 35.5. The van der Waals surface area contributed by atoms with Gasteiger partial charge in [0.15, 0.2) is 6.61 Å². The molecule has 4 aromatic rings. The number of carboxylic acids is 1. The van der Waals surface area contributed by atoms with E-state index >= 15 is 0 Å². The minimum absolute atomic E-state index is 0.0223. The van der Waals surface area contributed by atoms with Crippen LogP contribution in [0.4, 0.5) is 36.4 Å². The lowest BCUT2D eigenvalue weighted by atomic mass is 10.0. The molecule has 0 aliphatic rings. The number of para-hydroxylation sites is 1. The lowest BCUT2D eigenvalue weighted by molar-refractivity contribution is -0.385. The van der Waals surface area contributed by atoms with Crippen LogP contribution in [0.5, 0.6) is 11.5 Å². The number of nitro groups is 1. The third-order valence-electron chi connectivity index (χ3n) is 8.62. The molecule has 0 aliphatic carbocycles. The Labute approximate surface area is 462 Å². The first-order valence-corrected chi connectivity index (χ1v) is 28.3. The van der Waals surface area contributed by atoms with Crippen LogP contribution in [0.25, 0.3) is 0 Å². The molecule has 430 valence electrons. The molecule has 0 fully saturated rings. The number of nitro benzene ring substituents is 1. The first kappa shape index (κ1) is 71.4. The van der Waals surface area contributed by atoms with Crippen LogP contribution < -0.4 is 30.5 Å². The van der Waals surface area contributed by atoms with Gasteiger partial charge >= 0.3 is 24.1 Å². The van der Waals surface area contributed by atoms with Gasteiger partial charge in [0.05, 0.1) is 72.1 Å². The summed E-state index contributed by atoms with van der Waals surface area (Å²) in [7, 11) is -2.07. The first-order valence-electron chi connectivity index (χ1n) is 22.8. The molecule has 1 heterocycles. The highest BCUT2D eigenvalue weighted by molar-refractivity contribution is 7.94. The molecule has 0 radical (unpaired) electrons. The highest BCUT2D eigenvalue weighted by Gasteiger charge is 2.31. The normalized spacial score (nSPS) is 11.8. The number of nitrogens with one attached hydrogen (secondary N) is 3. The average Bonchev–Trinajstić information content (AvgIpc) is 3.31. The molecule has 5 N–H and O–H groups in total. The van der Waals surface area contributed by atoms with Crippen LogP contribution in [0.3, 0.4) is 0 Å². The van der Waals surface area contributed by atoms with Crippen molar-refractivity contribution < 1.29 is 75.7 Å². The van der Waals surface area contributed by atoms with Crippen molar-refractivity contribution in [2.75, 3.05) is 86.5 Å². The van der Waals surface area contributed by atoms with E-state index in [1.165, 1.54) is 6.92 Å². The van der Waals surface area contributed by atoms with E-state index in [-0.39, 0.29) is 52.3 Å². The number of esters is 2. The Hall–Kier alpha value is -5.57. The van der Waals surface area contributed by atoms with E-state index in [1.54, 1.807) is 12.0 Å². The minimum atomic E-state index is -4.61. The minimum Gasteiger partial charge on any atom is -0.778 e. The van der Waals surface area contributed by atoms with Crippen molar-refractivity contribution in [3.05, 3.63) is 97.3 Å². The van der Waals surface area contributed by atoms with Gasteiger partial charge in [-0.3, -0.25) is 25.0 Å². The molecular weight excluding hydrogens is 1130 g/mol. The molecule has 4 rings (SSSR count). The topological polar surface area (TPSA) is 307 Å². The molecule has 2 unspecified atom stereocenters. The van der Waals surface area contributed by atoms with Gasteiger partial charge in [-0.2, -0.15) is 28.1 Å². The molecular formula is C47H65Cl3F3N8O14PS. The van der Waals surface area contributed by atoms with E-state index in [1.807, 2.05) is 52.1 Å². The van der Waals surface area contributed by atoms with Gasteiger partial charge in [0.2, 0.25) is 23.1 Å². The predicted molar refractivity (Wildman–Crippen MR) is 290 cm³/mol. The Bertz CT molecular complexity index is 2570. The highest BCUT2D eigenvalue weighted by Crippen LogP contribution is 2.37. The number of amides is 1. The van der Waals surface area contributed by atoms with Gasteiger partial charge < -0.3 is 53.9 Å². The summed E-state index contributed by atoms with van der Waals surface area (Å²) in [4.78, 5) is 87.5. The second-order valence-corrected chi connectivity index (χ2v) is 21.2. The number of hydrogen-bond acceptors (Lipinski definition) is 18. The first-order chi connectivity index (χ1) is 35.8. The zero-order valence-corrected chi connectivity index (χ0v) is 48.1. The third kappa shape index (κ3) is 29.7. The number of aryl methyl sites for hydroxylation is 2. The van der Waals surface area contributed by atoms with E-state index in [9.17, 15) is 51.9 Å². The van der Waals surface area contributed by atoms with E-state index in [0.717, 1.165) is 60.1 Å². The maximum atomic E-state index is 12.7. The fourth-order valence-corrected chi connectivity index (χ4v) is 6.63. The van der Waals surface area contributed by atoms with E-state index in [2.05, 4.69) is 62.1 Å². The summed E-state index contributed by atoms with van der Waals surface area (Å²) < 4.78 is 67.9. The SMILES string of the molecule is CCNc1nc(Cl)nc(NC(C)C)n1.CCOC(=O)COC(=O)c1cc(Oc2ccc(C(F)(F)F)cc2Cl)ccc1[N+](=O)[O-].CCc1cccc(C)c1N(C(=O)CCl)C(C)COC.C[S+](C)C.O=C(O)CNCP(=O)([O-])O. The lowest BCUT2D eigenvalue weighted by Crippen LogP contribution is -2.43. The van der Waals surface area contributed by atoms with Crippen molar-refractivity contribution in [1.82, 2.24) is 20.3 Å². The largest absolute Gasteiger partial charge is 0.778 e. The summed E-state index contributed by atoms with van der Waals surface area (Å²) in [5, 5.41) is 27.0.